The number of hydrogen-bond acceptors (Lipinski definition) is 6. The molecule has 1 rings (SSSR count). The zero-order valence-electron chi connectivity index (χ0n) is 14.6. The molecular weight excluding hydrogens is 309 g/mol. The summed E-state index contributed by atoms with van der Waals surface area (Å²) in [7, 11) is 1.16. The first kappa shape index (κ1) is 21.9. The number of ether oxygens (including phenoxy) is 4. The SMILES string of the molecule is COCOc1ccc([C-](C#N)O[Si](C)(C)C)c(OCOC)c1.[Li+]. The molecule has 1 aromatic rings. The quantitative estimate of drug-likeness (QED) is 0.358. The van der Waals surface area contributed by atoms with Crippen molar-refractivity contribution in [3.8, 4) is 17.6 Å². The Morgan fingerprint density at radius 1 is 1.09 bits per heavy atom. The molecule has 0 atom stereocenters. The molecular formula is C15H22LiNO5Si. The molecule has 0 bridgehead atoms. The largest absolute Gasteiger partial charge is 1.00 e. The van der Waals surface area contributed by atoms with Crippen LogP contribution < -0.4 is 28.3 Å². The van der Waals surface area contributed by atoms with Crippen LogP contribution in [0.3, 0.4) is 0 Å². The van der Waals surface area contributed by atoms with E-state index in [9.17, 15) is 5.26 Å². The summed E-state index contributed by atoms with van der Waals surface area (Å²) in [6, 6.07) is 7.24. The van der Waals surface area contributed by atoms with Crippen molar-refractivity contribution in [3.63, 3.8) is 0 Å². The first-order chi connectivity index (χ1) is 10.4. The van der Waals surface area contributed by atoms with Crippen molar-refractivity contribution in [2.75, 3.05) is 27.8 Å². The van der Waals surface area contributed by atoms with Crippen molar-refractivity contribution in [3.05, 3.63) is 29.9 Å². The molecule has 0 heterocycles. The molecule has 0 N–H and O–H groups in total. The first-order valence-electron chi connectivity index (χ1n) is 6.75. The number of benzene rings is 1. The third-order valence-electron chi connectivity index (χ3n) is 2.38. The second kappa shape index (κ2) is 10.6. The molecule has 0 radical (unpaired) electrons. The first-order valence-corrected chi connectivity index (χ1v) is 10.2. The molecule has 0 aliphatic heterocycles. The van der Waals surface area contributed by atoms with Gasteiger partial charge >= 0.3 is 18.9 Å². The Balaban J connectivity index is 0.00000484. The van der Waals surface area contributed by atoms with Crippen molar-refractivity contribution < 1.29 is 42.2 Å². The van der Waals surface area contributed by atoms with E-state index in [-0.39, 0.29) is 38.6 Å². The van der Waals surface area contributed by atoms with Gasteiger partial charge in [0.2, 0.25) is 0 Å². The summed E-state index contributed by atoms with van der Waals surface area (Å²) in [4.78, 5) is 0. The van der Waals surface area contributed by atoms with Gasteiger partial charge in [-0.05, 0) is 25.7 Å². The normalized spacial score (nSPS) is 10.4. The molecule has 0 aliphatic carbocycles. The molecule has 122 valence electrons. The van der Waals surface area contributed by atoms with E-state index < -0.39 is 8.32 Å². The van der Waals surface area contributed by atoms with Gasteiger partial charge in [-0.3, -0.25) is 0 Å². The zero-order chi connectivity index (χ0) is 16.6. The second-order valence-electron chi connectivity index (χ2n) is 5.42. The Morgan fingerprint density at radius 3 is 2.22 bits per heavy atom. The van der Waals surface area contributed by atoms with Crippen LogP contribution in [0, 0.1) is 17.4 Å². The molecule has 0 spiro atoms. The van der Waals surface area contributed by atoms with Crippen LogP contribution in [0.25, 0.3) is 0 Å². The summed E-state index contributed by atoms with van der Waals surface area (Å²) >= 11 is 0. The molecule has 8 heteroatoms. The molecule has 0 aromatic heterocycles. The number of nitriles is 1. The summed E-state index contributed by atoms with van der Waals surface area (Å²) in [6.07, 6.45) is 0.239. The minimum atomic E-state index is -1.91. The predicted octanol–water partition coefficient (Wildman–Crippen LogP) is -0.0888. The van der Waals surface area contributed by atoms with Crippen LogP contribution in [0.4, 0.5) is 0 Å². The smallest absolute Gasteiger partial charge is 0.527 e. The maximum Gasteiger partial charge on any atom is 1.00 e. The maximum atomic E-state index is 9.38. The van der Waals surface area contributed by atoms with E-state index in [0.717, 1.165) is 0 Å². The van der Waals surface area contributed by atoms with E-state index in [4.69, 9.17) is 23.4 Å². The fraction of sp³-hybridized carbons (Fsp3) is 0.467. The van der Waals surface area contributed by atoms with Gasteiger partial charge in [0.05, 0.1) is 6.07 Å². The van der Waals surface area contributed by atoms with Gasteiger partial charge in [-0.2, -0.15) is 6.07 Å². The second-order valence-corrected chi connectivity index (χ2v) is 9.84. The van der Waals surface area contributed by atoms with Crippen LogP contribution in [0.2, 0.25) is 19.6 Å². The molecule has 0 fully saturated rings. The zero-order valence-corrected chi connectivity index (χ0v) is 15.6. The van der Waals surface area contributed by atoms with Crippen LogP contribution in [-0.4, -0.2) is 36.1 Å². The van der Waals surface area contributed by atoms with Crippen molar-refractivity contribution >= 4 is 8.32 Å². The van der Waals surface area contributed by atoms with Crippen molar-refractivity contribution in [1.82, 2.24) is 0 Å². The number of rotatable bonds is 9. The topological polar surface area (TPSA) is 69.9 Å². The van der Waals surface area contributed by atoms with Gasteiger partial charge in [0.1, 0.15) is 5.75 Å². The third-order valence-corrected chi connectivity index (χ3v) is 3.20. The van der Waals surface area contributed by atoms with Gasteiger partial charge in [-0.15, -0.1) is 5.56 Å². The minimum absolute atomic E-state index is 0. The molecule has 0 unspecified atom stereocenters. The molecule has 0 aliphatic rings. The Labute approximate surface area is 150 Å². The maximum absolute atomic E-state index is 9.38. The molecule has 6 nitrogen and oxygen atoms in total. The number of methoxy groups -OCH3 is 2. The Kier molecular flexibility index (Phi) is 10.1. The summed E-state index contributed by atoms with van der Waals surface area (Å²) in [5, 5.41) is 9.38. The number of nitrogens with zero attached hydrogens (tertiary/aromatic N) is 1. The summed E-state index contributed by atoms with van der Waals surface area (Å²) in [5.41, 5.74) is 0.576. The fourth-order valence-corrected chi connectivity index (χ4v) is 2.36. The molecule has 0 saturated heterocycles. The number of hydrogen-bond donors (Lipinski definition) is 0. The van der Waals surface area contributed by atoms with Crippen LogP contribution in [-0.2, 0) is 13.9 Å². The van der Waals surface area contributed by atoms with Crippen molar-refractivity contribution in [2.24, 2.45) is 0 Å². The van der Waals surface area contributed by atoms with E-state index in [2.05, 4.69) is 6.07 Å². The van der Waals surface area contributed by atoms with E-state index >= 15 is 0 Å². The van der Waals surface area contributed by atoms with Crippen LogP contribution in [0.1, 0.15) is 5.56 Å². The third kappa shape index (κ3) is 7.80. The summed E-state index contributed by atoms with van der Waals surface area (Å²) in [6.45, 7) is 6.22. The van der Waals surface area contributed by atoms with E-state index in [1.807, 2.05) is 19.6 Å². The standard InChI is InChI=1S/C15H22NO5Si.Li/c1-17-10-19-12-6-7-13(14(8-12)20-11-18-2)15(9-16)21-22(3,4)5;/h6-8H,10-11H2,1-5H3;/q-1;+1. The van der Waals surface area contributed by atoms with Crippen molar-refractivity contribution in [1.29, 1.82) is 5.26 Å². The van der Waals surface area contributed by atoms with Gasteiger partial charge < -0.3 is 23.4 Å². The average Bonchev–Trinajstić information content (AvgIpc) is 2.47. The predicted molar refractivity (Wildman–Crippen MR) is 83.8 cm³/mol. The van der Waals surface area contributed by atoms with Crippen LogP contribution in [0.15, 0.2) is 18.2 Å². The van der Waals surface area contributed by atoms with Crippen LogP contribution >= 0.6 is 0 Å². The Morgan fingerprint density at radius 2 is 1.70 bits per heavy atom. The van der Waals surface area contributed by atoms with Gasteiger partial charge in [0.25, 0.3) is 0 Å². The fourth-order valence-electron chi connectivity index (χ4n) is 1.59. The van der Waals surface area contributed by atoms with E-state index in [0.29, 0.717) is 17.1 Å². The average molecular weight is 331 g/mol. The van der Waals surface area contributed by atoms with Crippen molar-refractivity contribution in [2.45, 2.75) is 19.6 Å². The monoisotopic (exact) mass is 331 g/mol. The Bertz CT molecular complexity index is 516. The van der Waals surface area contributed by atoms with Gasteiger partial charge in [0, 0.05) is 26.1 Å². The molecule has 0 saturated carbocycles. The minimum Gasteiger partial charge on any atom is -0.527 e. The van der Waals surface area contributed by atoms with E-state index in [1.54, 1.807) is 25.3 Å². The summed E-state index contributed by atoms with van der Waals surface area (Å²) < 4.78 is 26.5. The van der Waals surface area contributed by atoms with Gasteiger partial charge in [0.15, 0.2) is 21.9 Å². The summed E-state index contributed by atoms with van der Waals surface area (Å²) in [5.74, 6) is 1.03. The van der Waals surface area contributed by atoms with E-state index in [1.165, 1.54) is 7.11 Å². The van der Waals surface area contributed by atoms with Gasteiger partial charge in [-0.1, -0.05) is 6.07 Å². The van der Waals surface area contributed by atoms with Crippen LogP contribution in [0.5, 0.6) is 11.5 Å². The van der Waals surface area contributed by atoms with Gasteiger partial charge in [-0.25, -0.2) is 5.26 Å². The molecule has 1 aromatic carbocycles. The molecule has 23 heavy (non-hydrogen) atoms. The Hall–Kier alpha value is -1.13. The molecule has 0 amide bonds.